The van der Waals surface area contributed by atoms with Crippen LogP contribution in [0, 0.1) is 0 Å². The van der Waals surface area contributed by atoms with Crippen molar-refractivity contribution in [2.24, 2.45) is 0 Å². The Kier molecular flexibility index (Phi) is 4.80. The van der Waals surface area contributed by atoms with Crippen LogP contribution in [-0.2, 0) is 13.1 Å². The first-order valence-corrected chi connectivity index (χ1v) is 7.91. The van der Waals surface area contributed by atoms with Crippen LogP contribution in [0.2, 0.25) is 0 Å². The van der Waals surface area contributed by atoms with Gasteiger partial charge in [-0.1, -0.05) is 12.1 Å². The van der Waals surface area contributed by atoms with E-state index in [4.69, 9.17) is 4.74 Å². The van der Waals surface area contributed by atoms with Crippen LogP contribution in [0.5, 0.6) is 5.75 Å². The van der Waals surface area contributed by atoms with Crippen molar-refractivity contribution in [2.75, 3.05) is 13.7 Å². The van der Waals surface area contributed by atoms with Gasteiger partial charge in [-0.3, -0.25) is 4.90 Å². The Labute approximate surface area is 138 Å². The second-order valence-corrected chi connectivity index (χ2v) is 5.99. The smallest absolute Gasteiger partial charge is 0.406 e. The standard InChI is InChI=1S/C17H20F3N3O/c1-24-14-6-4-13(5-7-14)15-3-2-9-22(15)11-16-21-8-10-23(16)12-17(18,19)20/h4-8,10,15H,2-3,9,11-12H2,1H3/t15-/m0/s1. The summed E-state index contributed by atoms with van der Waals surface area (Å²) in [4.78, 5) is 6.31. The average Bonchev–Trinajstić information content (AvgIpc) is 3.16. The summed E-state index contributed by atoms with van der Waals surface area (Å²) in [6, 6.07) is 8.06. The van der Waals surface area contributed by atoms with Gasteiger partial charge < -0.3 is 9.30 Å². The Bertz CT molecular complexity index is 666. The number of ether oxygens (including phenoxy) is 1. The largest absolute Gasteiger partial charge is 0.497 e. The van der Waals surface area contributed by atoms with Crippen molar-refractivity contribution in [3.63, 3.8) is 0 Å². The highest BCUT2D eigenvalue weighted by Gasteiger charge is 2.31. The van der Waals surface area contributed by atoms with E-state index < -0.39 is 12.7 Å². The molecule has 1 aliphatic heterocycles. The van der Waals surface area contributed by atoms with Crippen LogP contribution in [0.3, 0.4) is 0 Å². The molecule has 0 aliphatic carbocycles. The molecule has 4 nitrogen and oxygen atoms in total. The summed E-state index contributed by atoms with van der Waals surface area (Å²) in [6.07, 6.45) is 0.597. The molecule has 1 aromatic heterocycles. The van der Waals surface area contributed by atoms with E-state index in [0.29, 0.717) is 12.4 Å². The molecule has 24 heavy (non-hydrogen) atoms. The van der Waals surface area contributed by atoms with Gasteiger partial charge in [0.05, 0.1) is 13.7 Å². The Morgan fingerprint density at radius 3 is 2.67 bits per heavy atom. The zero-order chi connectivity index (χ0) is 17.2. The molecule has 1 fully saturated rings. The number of methoxy groups -OCH3 is 1. The fraction of sp³-hybridized carbons (Fsp3) is 0.471. The van der Waals surface area contributed by atoms with E-state index in [2.05, 4.69) is 9.88 Å². The average molecular weight is 339 g/mol. The van der Waals surface area contributed by atoms with Crippen molar-refractivity contribution >= 4 is 0 Å². The number of benzene rings is 1. The first kappa shape index (κ1) is 16.8. The van der Waals surface area contributed by atoms with Gasteiger partial charge in [0.2, 0.25) is 0 Å². The van der Waals surface area contributed by atoms with Gasteiger partial charge >= 0.3 is 6.18 Å². The number of rotatable bonds is 5. The highest BCUT2D eigenvalue weighted by Crippen LogP contribution is 2.33. The fourth-order valence-corrected chi connectivity index (χ4v) is 3.23. The summed E-state index contributed by atoms with van der Waals surface area (Å²) < 4.78 is 44.3. The summed E-state index contributed by atoms with van der Waals surface area (Å²) >= 11 is 0. The first-order chi connectivity index (χ1) is 11.5. The maximum Gasteiger partial charge on any atom is 0.406 e. The highest BCUT2D eigenvalue weighted by atomic mass is 19.4. The van der Waals surface area contributed by atoms with Crippen LogP contribution in [0.4, 0.5) is 13.2 Å². The molecule has 2 aromatic rings. The van der Waals surface area contributed by atoms with Crippen LogP contribution in [-0.4, -0.2) is 34.3 Å². The third-order valence-electron chi connectivity index (χ3n) is 4.36. The molecule has 0 radical (unpaired) electrons. The molecule has 0 bridgehead atoms. The van der Waals surface area contributed by atoms with Crippen molar-refractivity contribution in [3.05, 3.63) is 48.0 Å². The molecule has 3 rings (SSSR count). The highest BCUT2D eigenvalue weighted by molar-refractivity contribution is 5.29. The Morgan fingerprint density at radius 2 is 2.00 bits per heavy atom. The molecule has 130 valence electrons. The van der Waals surface area contributed by atoms with Crippen LogP contribution in [0.15, 0.2) is 36.7 Å². The second-order valence-electron chi connectivity index (χ2n) is 5.99. The van der Waals surface area contributed by atoms with Gasteiger partial charge in [-0.15, -0.1) is 0 Å². The van der Waals surface area contributed by atoms with Gasteiger partial charge in [-0.2, -0.15) is 13.2 Å². The maximum absolute atomic E-state index is 12.7. The van der Waals surface area contributed by atoms with Crippen molar-refractivity contribution in [1.82, 2.24) is 14.5 Å². The third kappa shape index (κ3) is 3.90. The zero-order valence-electron chi connectivity index (χ0n) is 13.5. The lowest BCUT2D eigenvalue weighted by Crippen LogP contribution is -2.26. The van der Waals surface area contributed by atoms with E-state index in [1.54, 1.807) is 7.11 Å². The predicted molar refractivity (Wildman–Crippen MR) is 83.7 cm³/mol. The molecule has 0 unspecified atom stereocenters. The molecule has 0 N–H and O–H groups in total. The first-order valence-electron chi connectivity index (χ1n) is 7.91. The van der Waals surface area contributed by atoms with Crippen LogP contribution in [0.1, 0.15) is 30.3 Å². The van der Waals surface area contributed by atoms with E-state index >= 15 is 0 Å². The minimum atomic E-state index is -4.24. The van der Waals surface area contributed by atoms with E-state index in [1.807, 2.05) is 24.3 Å². The van der Waals surface area contributed by atoms with Gasteiger partial charge in [-0.05, 0) is 37.1 Å². The van der Waals surface area contributed by atoms with Crippen LogP contribution >= 0.6 is 0 Å². The molecule has 1 atom stereocenters. The summed E-state index contributed by atoms with van der Waals surface area (Å²) in [5.74, 6) is 1.25. The molecular formula is C17H20F3N3O. The molecule has 7 heteroatoms. The van der Waals surface area contributed by atoms with Crippen molar-refractivity contribution in [1.29, 1.82) is 0 Å². The lowest BCUT2D eigenvalue weighted by molar-refractivity contribution is -0.141. The summed E-state index contributed by atoms with van der Waals surface area (Å²) in [5, 5.41) is 0. The Balaban J connectivity index is 1.73. The quantitative estimate of drug-likeness (QED) is 0.830. The molecule has 1 saturated heterocycles. The minimum absolute atomic E-state index is 0.201. The predicted octanol–water partition coefficient (Wildman–Crippen LogP) is 3.79. The van der Waals surface area contributed by atoms with Crippen molar-refractivity contribution in [2.45, 2.75) is 38.1 Å². The second kappa shape index (κ2) is 6.84. The lowest BCUT2D eigenvalue weighted by Gasteiger charge is -2.25. The van der Waals surface area contributed by atoms with Gasteiger partial charge in [0.25, 0.3) is 0 Å². The SMILES string of the molecule is COc1ccc([C@@H]2CCCN2Cc2nccn2CC(F)(F)F)cc1. The van der Waals surface area contributed by atoms with Crippen molar-refractivity contribution in [3.8, 4) is 5.75 Å². The molecule has 2 heterocycles. The van der Waals surface area contributed by atoms with Crippen molar-refractivity contribution < 1.29 is 17.9 Å². The lowest BCUT2D eigenvalue weighted by atomic mass is 10.0. The van der Waals surface area contributed by atoms with Gasteiger partial charge in [0.1, 0.15) is 18.1 Å². The summed E-state index contributed by atoms with van der Waals surface area (Å²) in [6.45, 7) is 0.277. The van der Waals surface area contributed by atoms with E-state index in [9.17, 15) is 13.2 Å². The topological polar surface area (TPSA) is 30.3 Å². The number of hydrogen-bond acceptors (Lipinski definition) is 3. The molecule has 1 aliphatic rings. The molecule has 0 amide bonds. The summed E-state index contributed by atoms with van der Waals surface area (Å²) in [5.41, 5.74) is 1.15. The number of aromatic nitrogens is 2. The van der Waals surface area contributed by atoms with Crippen LogP contribution in [0.25, 0.3) is 0 Å². The number of halogens is 3. The molecular weight excluding hydrogens is 319 g/mol. The normalized spacial score (nSPS) is 18.9. The third-order valence-corrected chi connectivity index (χ3v) is 4.36. The Hall–Kier alpha value is -2.02. The number of imidazole rings is 1. The molecule has 1 aromatic carbocycles. The van der Waals surface area contributed by atoms with E-state index in [0.717, 1.165) is 30.7 Å². The van der Waals surface area contributed by atoms with Gasteiger partial charge in [0, 0.05) is 18.4 Å². The number of hydrogen-bond donors (Lipinski definition) is 0. The monoisotopic (exact) mass is 339 g/mol. The van der Waals surface area contributed by atoms with Gasteiger partial charge in [0.15, 0.2) is 0 Å². The van der Waals surface area contributed by atoms with Gasteiger partial charge in [-0.25, -0.2) is 4.98 Å². The fourth-order valence-electron chi connectivity index (χ4n) is 3.23. The number of nitrogens with zero attached hydrogens (tertiary/aromatic N) is 3. The van der Waals surface area contributed by atoms with Crippen LogP contribution < -0.4 is 4.74 Å². The number of likely N-dealkylation sites (tertiary alicyclic amines) is 1. The number of alkyl halides is 3. The van der Waals surface area contributed by atoms with E-state index in [-0.39, 0.29) is 6.04 Å². The molecule has 0 saturated carbocycles. The maximum atomic E-state index is 12.7. The Morgan fingerprint density at radius 1 is 1.25 bits per heavy atom. The minimum Gasteiger partial charge on any atom is -0.497 e. The van der Waals surface area contributed by atoms with E-state index in [1.165, 1.54) is 17.0 Å². The zero-order valence-corrected chi connectivity index (χ0v) is 13.5. The summed E-state index contributed by atoms with van der Waals surface area (Å²) in [7, 11) is 1.62. The molecule has 0 spiro atoms.